The molecular formula is C14H16. The summed E-state index contributed by atoms with van der Waals surface area (Å²) in [6, 6.07) is 4.66. The van der Waals surface area contributed by atoms with E-state index in [0.29, 0.717) is 0 Å². The van der Waals surface area contributed by atoms with Crippen LogP contribution in [0.2, 0.25) is 0 Å². The highest BCUT2D eigenvalue weighted by Gasteiger charge is 2.16. The Labute approximate surface area is 85.6 Å². The maximum Gasteiger partial charge on any atom is -0.0225 e. The summed E-state index contributed by atoms with van der Waals surface area (Å²) in [4.78, 5) is 0. The second-order valence-electron chi connectivity index (χ2n) is 4.42. The summed E-state index contributed by atoms with van der Waals surface area (Å²) in [7, 11) is 0. The van der Waals surface area contributed by atoms with E-state index in [4.69, 9.17) is 0 Å². The van der Waals surface area contributed by atoms with Crippen LogP contribution in [0.25, 0.3) is 6.08 Å². The number of rotatable bonds is 0. The van der Waals surface area contributed by atoms with Gasteiger partial charge in [0.05, 0.1) is 0 Å². The second-order valence-corrected chi connectivity index (χ2v) is 4.42. The normalized spacial score (nSPS) is 18.9. The molecule has 1 aromatic carbocycles. The van der Waals surface area contributed by atoms with E-state index in [1.165, 1.54) is 44.1 Å². The molecular weight excluding hydrogens is 168 g/mol. The topological polar surface area (TPSA) is 0 Å². The van der Waals surface area contributed by atoms with E-state index in [9.17, 15) is 0 Å². The van der Waals surface area contributed by atoms with E-state index in [1.807, 2.05) is 0 Å². The van der Waals surface area contributed by atoms with E-state index in [0.717, 1.165) is 0 Å². The van der Waals surface area contributed by atoms with E-state index in [1.54, 1.807) is 16.7 Å². The fourth-order valence-electron chi connectivity index (χ4n) is 2.81. The van der Waals surface area contributed by atoms with Gasteiger partial charge in [-0.25, -0.2) is 0 Å². The van der Waals surface area contributed by atoms with Crippen LogP contribution in [0.4, 0.5) is 0 Å². The minimum absolute atomic E-state index is 1.24. The Morgan fingerprint density at radius 2 is 1.79 bits per heavy atom. The van der Waals surface area contributed by atoms with Crippen LogP contribution in [-0.4, -0.2) is 0 Å². The van der Waals surface area contributed by atoms with E-state index in [-0.39, 0.29) is 0 Å². The zero-order valence-corrected chi connectivity index (χ0v) is 8.55. The molecule has 2 aliphatic carbocycles. The molecule has 0 spiro atoms. The van der Waals surface area contributed by atoms with E-state index >= 15 is 0 Å². The molecule has 0 heterocycles. The van der Waals surface area contributed by atoms with Crippen molar-refractivity contribution in [1.29, 1.82) is 0 Å². The summed E-state index contributed by atoms with van der Waals surface area (Å²) < 4.78 is 0. The first-order chi connectivity index (χ1) is 6.95. The van der Waals surface area contributed by atoms with Crippen LogP contribution in [0.1, 0.15) is 41.5 Å². The molecule has 0 aliphatic heterocycles. The Hall–Kier alpha value is -1.04. The van der Waals surface area contributed by atoms with Crippen LogP contribution >= 0.6 is 0 Å². The summed E-state index contributed by atoms with van der Waals surface area (Å²) in [5.41, 5.74) is 6.46. The van der Waals surface area contributed by atoms with Crippen molar-refractivity contribution in [2.45, 2.75) is 38.5 Å². The maximum atomic E-state index is 2.35. The van der Waals surface area contributed by atoms with Gasteiger partial charge >= 0.3 is 0 Å². The molecule has 0 heteroatoms. The molecule has 2 aliphatic rings. The molecule has 0 atom stereocenters. The van der Waals surface area contributed by atoms with Crippen LogP contribution in [-0.2, 0) is 19.3 Å². The Morgan fingerprint density at radius 3 is 2.79 bits per heavy atom. The molecule has 3 rings (SSSR count). The number of benzene rings is 1. The lowest BCUT2D eigenvalue weighted by atomic mass is 9.83. The Bertz CT molecular complexity index is 385. The summed E-state index contributed by atoms with van der Waals surface area (Å²) in [5, 5.41) is 0. The van der Waals surface area contributed by atoms with Gasteiger partial charge in [0, 0.05) is 0 Å². The Balaban J connectivity index is 2.17. The largest absolute Gasteiger partial charge is 0.0836 e. The predicted molar refractivity (Wildman–Crippen MR) is 60.4 cm³/mol. The first-order valence-corrected chi connectivity index (χ1v) is 5.75. The first kappa shape index (κ1) is 8.28. The zero-order chi connectivity index (χ0) is 9.38. The van der Waals surface area contributed by atoms with Gasteiger partial charge in [-0.15, -0.1) is 0 Å². The van der Waals surface area contributed by atoms with Gasteiger partial charge in [0.25, 0.3) is 0 Å². The van der Waals surface area contributed by atoms with Gasteiger partial charge in [-0.3, -0.25) is 0 Å². The third kappa shape index (κ3) is 1.21. The molecule has 1 aromatic rings. The van der Waals surface area contributed by atoms with Gasteiger partial charge in [0.1, 0.15) is 0 Å². The van der Waals surface area contributed by atoms with Gasteiger partial charge in [0.2, 0.25) is 0 Å². The molecule has 0 nitrogen and oxygen atoms in total. The highest BCUT2D eigenvalue weighted by molar-refractivity contribution is 5.60. The molecule has 14 heavy (non-hydrogen) atoms. The molecule has 0 saturated carbocycles. The third-order valence-electron chi connectivity index (χ3n) is 3.55. The number of aryl methyl sites for hydroxylation is 1. The van der Waals surface area contributed by atoms with E-state index < -0.39 is 0 Å². The van der Waals surface area contributed by atoms with Crippen LogP contribution < -0.4 is 0 Å². The van der Waals surface area contributed by atoms with Crippen LogP contribution in [0.3, 0.4) is 0 Å². The molecule has 72 valence electrons. The van der Waals surface area contributed by atoms with Gasteiger partial charge in [0.15, 0.2) is 0 Å². The standard InChI is InChI=1S/C14H16/c1-3-7-13-11(5-1)9-10-12-6-2-4-8-14(12)13/h1,5,9-10H,2-4,6-8H2. The molecule has 0 N–H and O–H groups in total. The molecule has 0 unspecified atom stereocenters. The lowest BCUT2D eigenvalue weighted by Crippen LogP contribution is -2.09. The highest BCUT2D eigenvalue weighted by Crippen LogP contribution is 2.30. The molecule has 0 aromatic heterocycles. The average Bonchev–Trinajstić information content (AvgIpc) is 2.29. The fraction of sp³-hybridized carbons (Fsp3) is 0.429. The van der Waals surface area contributed by atoms with E-state index in [2.05, 4.69) is 24.3 Å². The Kier molecular flexibility index (Phi) is 1.93. The summed E-state index contributed by atoms with van der Waals surface area (Å²) in [6.45, 7) is 0. The average molecular weight is 184 g/mol. The molecule has 0 amide bonds. The van der Waals surface area contributed by atoms with Crippen LogP contribution in [0, 0.1) is 0 Å². The summed E-state index contributed by atoms with van der Waals surface area (Å²) >= 11 is 0. The number of hydrogen-bond acceptors (Lipinski definition) is 0. The van der Waals surface area contributed by atoms with Crippen molar-refractivity contribution in [2.75, 3.05) is 0 Å². The first-order valence-electron chi connectivity index (χ1n) is 5.75. The SMILES string of the molecule is C1=Cc2ccc3c(c2CC1)CCCC3. The van der Waals surface area contributed by atoms with Gasteiger partial charge < -0.3 is 0 Å². The third-order valence-corrected chi connectivity index (χ3v) is 3.55. The quantitative estimate of drug-likeness (QED) is 0.578. The van der Waals surface area contributed by atoms with Crippen LogP contribution in [0.15, 0.2) is 18.2 Å². The minimum Gasteiger partial charge on any atom is -0.0836 e. The van der Waals surface area contributed by atoms with Crippen LogP contribution in [0.5, 0.6) is 0 Å². The minimum atomic E-state index is 1.24. The summed E-state index contributed by atoms with van der Waals surface area (Å²) in [6.07, 6.45) is 12.5. The molecule has 0 fully saturated rings. The highest BCUT2D eigenvalue weighted by atomic mass is 14.2. The Morgan fingerprint density at radius 1 is 0.857 bits per heavy atom. The van der Waals surface area contributed by atoms with Crippen molar-refractivity contribution < 1.29 is 0 Å². The van der Waals surface area contributed by atoms with Crippen molar-refractivity contribution in [2.24, 2.45) is 0 Å². The predicted octanol–water partition coefficient (Wildman–Crippen LogP) is 3.52. The number of allylic oxidation sites excluding steroid dienone is 1. The smallest absolute Gasteiger partial charge is 0.0225 e. The summed E-state index contributed by atoms with van der Waals surface area (Å²) in [5.74, 6) is 0. The number of hydrogen-bond donors (Lipinski definition) is 0. The van der Waals surface area contributed by atoms with Crippen molar-refractivity contribution in [3.8, 4) is 0 Å². The van der Waals surface area contributed by atoms with Crippen molar-refractivity contribution in [1.82, 2.24) is 0 Å². The monoisotopic (exact) mass is 184 g/mol. The second kappa shape index (κ2) is 3.27. The van der Waals surface area contributed by atoms with Crippen molar-refractivity contribution in [3.63, 3.8) is 0 Å². The lowest BCUT2D eigenvalue weighted by Gasteiger charge is -2.22. The zero-order valence-electron chi connectivity index (χ0n) is 8.55. The van der Waals surface area contributed by atoms with Crippen molar-refractivity contribution >= 4 is 6.08 Å². The lowest BCUT2D eigenvalue weighted by molar-refractivity contribution is 0.676. The molecule has 0 saturated heterocycles. The number of fused-ring (bicyclic) bond motifs is 3. The molecule has 0 bridgehead atoms. The van der Waals surface area contributed by atoms with Gasteiger partial charge in [-0.05, 0) is 60.8 Å². The van der Waals surface area contributed by atoms with Gasteiger partial charge in [-0.2, -0.15) is 0 Å². The maximum absolute atomic E-state index is 2.35. The van der Waals surface area contributed by atoms with Crippen molar-refractivity contribution in [3.05, 3.63) is 40.5 Å². The molecule has 0 radical (unpaired) electrons. The van der Waals surface area contributed by atoms with Gasteiger partial charge in [-0.1, -0.05) is 24.3 Å². The fourth-order valence-corrected chi connectivity index (χ4v) is 2.81.